The van der Waals surface area contributed by atoms with E-state index in [0.717, 1.165) is 12.8 Å². The molecular formula is C15H19F3N2O2. The summed E-state index contributed by atoms with van der Waals surface area (Å²) in [4.78, 5) is 13.9. The van der Waals surface area contributed by atoms with Crippen molar-refractivity contribution < 1.29 is 22.7 Å². The molecule has 22 heavy (non-hydrogen) atoms. The summed E-state index contributed by atoms with van der Waals surface area (Å²) in [5.41, 5.74) is 0.444. The Kier molecular flexibility index (Phi) is 5.28. The quantitative estimate of drug-likeness (QED) is 0.905. The van der Waals surface area contributed by atoms with Crippen molar-refractivity contribution in [3.63, 3.8) is 0 Å². The zero-order chi connectivity index (χ0) is 16.2. The van der Waals surface area contributed by atoms with E-state index in [4.69, 9.17) is 0 Å². The summed E-state index contributed by atoms with van der Waals surface area (Å²) in [5.74, 6) is -0.493. The van der Waals surface area contributed by atoms with Crippen LogP contribution in [0.3, 0.4) is 0 Å². The van der Waals surface area contributed by atoms with Gasteiger partial charge in [0.1, 0.15) is 5.75 Å². The van der Waals surface area contributed by atoms with E-state index in [2.05, 4.69) is 10.1 Å². The minimum Gasteiger partial charge on any atom is -0.406 e. The van der Waals surface area contributed by atoms with Crippen LogP contribution in [-0.2, 0) is 4.79 Å². The van der Waals surface area contributed by atoms with Crippen molar-refractivity contribution in [3.8, 4) is 5.75 Å². The second-order valence-corrected chi connectivity index (χ2v) is 5.47. The third-order valence-corrected chi connectivity index (χ3v) is 3.71. The molecule has 1 amide bonds. The van der Waals surface area contributed by atoms with Gasteiger partial charge < -0.3 is 10.1 Å². The monoisotopic (exact) mass is 316 g/mol. The van der Waals surface area contributed by atoms with E-state index in [1.165, 1.54) is 37.1 Å². The molecule has 122 valence electrons. The van der Waals surface area contributed by atoms with Gasteiger partial charge in [0, 0.05) is 11.7 Å². The number of likely N-dealkylation sites (N-methyl/N-ethyl adjacent to an activating group) is 1. The third-order valence-electron chi connectivity index (χ3n) is 3.71. The Bertz CT molecular complexity index is 497. The molecule has 0 atom stereocenters. The largest absolute Gasteiger partial charge is 0.573 e. The summed E-state index contributed by atoms with van der Waals surface area (Å²) in [5, 5.41) is 2.67. The van der Waals surface area contributed by atoms with Gasteiger partial charge in [0.25, 0.3) is 0 Å². The molecule has 0 aromatic heterocycles. The molecule has 0 bridgehead atoms. The first-order valence-corrected chi connectivity index (χ1v) is 7.19. The number of halogens is 3. The summed E-state index contributed by atoms with van der Waals surface area (Å²) >= 11 is 0. The van der Waals surface area contributed by atoms with Crippen LogP contribution in [0.15, 0.2) is 24.3 Å². The zero-order valence-electron chi connectivity index (χ0n) is 12.3. The highest BCUT2D eigenvalue weighted by Crippen LogP contribution is 2.24. The van der Waals surface area contributed by atoms with Crippen molar-refractivity contribution in [2.45, 2.75) is 38.1 Å². The molecule has 1 saturated carbocycles. The van der Waals surface area contributed by atoms with Gasteiger partial charge in [-0.3, -0.25) is 9.69 Å². The predicted molar refractivity (Wildman–Crippen MR) is 76.6 cm³/mol. The molecule has 7 heteroatoms. The average Bonchev–Trinajstić information content (AvgIpc) is 2.93. The second kappa shape index (κ2) is 7.00. The van der Waals surface area contributed by atoms with Gasteiger partial charge >= 0.3 is 6.36 Å². The molecule has 4 nitrogen and oxygen atoms in total. The number of anilines is 1. The normalized spacial score (nSPS) is 16.0. The molecule has 0 saturated heterocycles. The zero-order valence-corrected chi connectivity index (χ0v) is 12.3. The lowest BCUT2D eigenvalue weighted by Crippen LogP contribution is -2.36. The van der Waals surface area contributed by atoms with Crippen LogP contribution in [0.1, 0.15) is 25.7 Å². The van der Waals surface area contributed by atoms with E-state index in [9.17, 15) is 18.0 Å². The first kappa shape index (κ1) is 16.6. The van der Waals surface area contributed by atoms with Crippen molar-refractivity contribution in [1.82, 2.24) is 4.90 Å². The number of alkyl halides is 3. The summed E-state index contributed by atoms with van der Waals surface area (Å²) < 4.78 is 39.9. The van der Waals surface area contributed by atoms with Crippen molar-refractivity contribution in [2.75, 3.05) is 18.9 Å². The Balaban J connectivity index is 1.83. The van der Waals surface area contributed by atoms with E-state index in [0.29, 0.717) is 11.7 Å². The number of hydrogen-bond acceptors (Lipinski definition) is 3. The molecule has 2 rings (SSSR count). The Morgan fingerprint density at radius 3 is 2.41 bits per heavy atom. The summed E-state index contributed by atoms with van der Waals surface area (Å²) in [7, 11) is 1.91. The van der Waals surface area contributed by atoms with Gasteiger partial charge in [-0.05, 0) is 44.2 Å². The van der Waals surface area contributed by atoms with Crippen LogP contribution >= 0.6 is 0 Å². The summed E-state index contributed by atoms with van der Waals surface area (Å²) in [6.45, 7) is 0.269. The van der Waals surface area contributed by atoms with Crippen LogP contribution in [-0.4, -0.2) is 36.8 Å². The molecule has 0 heterocycles. The molecule has 1 fully saturated rings. The third kappa shape index (κ3) is 5.22. The molecule has 0 unspecified atom stereocenters. The Morgan fingerprint density at radius 2 is 1.86 bits per heavy atom. The fraction of sp³-hybridized carbons (Fsp3) is 0.533. The standard InChI is InChI=1S/C15H19F3N2O2/c1-20(12-4-2-3-5-12)10-14(21)19-11-6-8-13(9-7-11)22-15(16,17)18/h6-9,12H,2-5,10H2,1H3,(H,19,21). The number of rotatable bonds is 5. The van der Waals surface area contributed by atoms with Crippen LogP contribution in [0.25, 0.3) is 0 Å². The maximum absolute atomic E-state index is 12.0. The van der Waals surface area contributed by atoms with Gasteiger partial charge in [-0.1, -0.05) is 12.8 Å². The molecule has 0 aliphatic heterocycles. The molecule has 0 spiro atoms. The lowest BCUT2D eigenvalue weighted by molar-refractivity contribution is -0.274. The molecule has 1 aromatic carbocycles. The van der Waals surface area contributed by atoms with Gasteiger partial charge in [-0.2, -0.15) is 0 Å². The van der Waals surface area contributed by atoms with Crippen LogP contribution in [0.2, 0.25) is 0 Å². The Labute approximate surface area is 127 Å². The number of nitrogens with zero attached hydrogens (tertiary/aromatic N) is 1. The number of benzene rings is 1. The van der Waals surface area contributed by atoms with E-state index in [1.54, 1.807) is 0 Å². The van der Waals surface area contributed by atoms with Crippen molar-refractivity contribution in [2.24, 2.45) is 0 Å². The van der Waals surface area contributed by atoms with E-state index in [-0.39, 0.29) is 18.2 Å². The Morgan fingerprint density at radius 1 is 1.27 bits per heavy atom. The smallest absolute Gasteiger partial charge is 0.406 e. The number of nitrogens with one attached hydrogen (secondary N) is 1. The Hall–Kier alpha value is -1.76. The van der Waals surface area contributed by atoms with Crippen molar-refractivity contribution >= 4 is 11.6 Å². The SMILES string of the molecule is CN(CC(=O)Nc1ccc(OC(F)(F)F)cc1)C1CCCC1. The van der Waals surface area contributed by atoms with E-state index in [1.807, 2.05) is 11.9 Å². The molecule has 0 radical (unpaired) electrons. The van der Waals surface area contributed by atoms with Crippen LogP contribution in [0.5, 0.6) is 5.75 Å². The van der Waals surface area contributed by atoms with Crippen molar-refractivity contribution in [3.05, 3.63) is 24.3 Å². The van der Waals surface area contributed by atoms with Crippen LogP contribution in [0, 0.1) is 0 Å². The van der Waals surface area contributed by atoms with Crippen LogP contribution in [0.4, 0.5) is 18.9 Å². The molecule has 1 aliphatic carbocycles. The maximum atomic E-state index is 12.0. The summed E-state index contributed by atoms with van der Waals surface area (Å²) in [6, 6.07) is 5.55. The van der Waals surface area contributed by atoms with Gasteiger partial charge in [0.05, 0.1) is 6.54 Å². The minimum atomic E-state index is -4.71. The maximum Gasteiger partial charge on any atom is 0.573 e. The number of hydrogen-bond donors (Lipinski definition) is 1. The van der Waals surface area contributed by atoms with Gasteiger partial charge in [-0.15, -0.1) is 13.2 Å². The van der Waals surface area contributed by atoms with Crippen molar-refractivity contribution in [1.29, 1.82) is 0 Å². The molecule has 1 aromatic rings. The fourth-order valence-corrected chi connectivity index (χ4v) is 2.64. The van der Waals surface area contributed by atoms with Gasteiger partial charge in [-0.25, -0.2) is 0 Å². The number of amides is 1. The predicted octanol–water partition coefficient (Wildman–Crippen LogP) is 3.40. The summed E-state index contributed by atoms with van der Waals surface area (Å²) in [6.07, 6.45) is -0.121. The minimum absolute atomic E-state index is 0.182. The van der Waals surface area contributed by atoms with E-state index < -0.39 is 6.36 Å². The highest BCUT2D eigenvalue weighted by Gasteiger charge is 2.31. The number of carbonyl (C=O) groups excluding carboxylic acids is 1. The molecular weight excluding hydrogens is 297 g/mol. The number of carbonyl (C=O) groups is 1. The lowest BCUT2D eigenvalue weighted by Gasteiger charge is -2.23. The molecule has 1 N–H and O–H groups in total. The van der Waals surface area contributed by atoms with Gasteiger partial charge in [0.2, 0.25) is 5.91 Å². The highest BCUT2D eigenvalue weighted by atomic mass is 19.4. The first-order chi connectivity index (χ1) is 10.3. The van der Waals surface area contributed by atoms with Gasteiger partial charge in [0.15, 0.2) is 0 Å². The second-order valence-electron chi connectivity index (χ2n) is 5.47. The topological polar surface area (TPSA) is 41.6 Å². The average molecular weight is 316 g/mol. The first-order valence-electron chi connectivity index (χ1n) is 7.19. The highest BCUT2D eigenvalue weighted by molar-refractivity contribution is 5.92. The molecule has 1 aliphatic rings. The van der Waals surface area contributed by atoms with E-state index >= 15 is 0 Å². The number of ether oxygens (including phenoxy) is 1. The van der Waals surface area contributed by atoms with Crippen LogP contribution < -0.4 is 10.1 Å². The lowest BCUT2D eigenvalue weighted by atomic mass is 10.2. The fourth-order valence-electron chi connectivity index (χ4n) is 2.64.